The Labute approximate surface area is 180 Å². The van der Waals surface area contributed by atoms with Crippen LogP contribution in [0.4, 0.5) is 10.1 Å². The molecule has 1 saturated heterocycles. The molecule has 2 aromatic rings. The molecule has 1 aliphatic heterocycles. The monoisotopic (exact) mass is 439 g/mol. The van der Waals surface area contributed by atoms with Crippen molar-refractivity contribution in [2.24, 2.45) is 0 Å². The van der Waals surface area contributed by atoms with Crippen molar-refractivity contribution in [2.45, 2.75) is 25.2 Å². The molecule has 0 aromatic heterocycles. The maximum atomic E-state index is 14.0. The number of amides is 2. The van der Waals surface area contributed by atoms with Gasteiger partial charge in [0, 0.05) is 20.1 Å². The van der Waals surface area contributed by atoms with Crippen LogP contribution in [0.5, 0.6) is 0 Å². The maximum absolute atomic E-state index is 14.0. The molecule has 1 aliphatic rings. The van der Waals surface area contributed by atoms with Crippen LogP contribution in [0.3, 0.4) is 0 Å². The number of hydrogen-bond donors (Lipinski definition) is 3. The third kappa shape index (κ3) is 4.25. The van der Waals surface area contributed by atoms with Gasteiger partial charge in [0.15, 0.2) is 0 Å². The van der Waals surface area contributed by atoms with Gasteiger partial charge in [0.05, 0.1) is 21.7 Å². The molecule has 29 heavy (non-hydrogen) atoms. The standard InChI is InChI=1S/C21H23ClFN3O2.ClH/c1-12(2)13-6-4-5-7-15(13)21(10-25-11-21)20(28)26-18-9-17(23)16(22)8-14(18)19(27)24-3;/h4-9,12,25H,10-11H2,1-3H3,(H,24,27)(H,26,28);1H. The van der Waals surface area contributed by atoms with Gasteiger partial charge >= 0.3 is 0 Å². The van der Waals surface area contributed by atoms with Crippen LogP contribution in [0.25, 0.3) is 0 Å². The molecule has 0 bridgehead atoms. The molecule has 0 radical (unpaired) electrons. The lowest BCUT2D eigenvalue weighted by molar-refractivity contribution is -0.123. The lowest BCUT2D eigenvalue weighted by Crippen LogP contribution is -2.63. The van der Waals surface area contributed by atoms with Gasteiger partial charge in [-0.2, -0.15) is 0 Å². The van der Waals surface area contributed by atoms with E-state index in [9.17, 15) is 14.0 Å². The summed E-state index contributed by atoms with van der Waals surface area (Å²) in [6.07, 6.45) is 0. The lowest BCUT2D eigenvalue weighted by atomic mass is 9.71. The Kier molecular flexibility index (Phi) is 7.27. The Hall–Kier alpha value is -2.15. The van der Waals surface area contributed by atoms with Crippen molar-refractivity contribution in [1.29, 1.82) is 0 Å². The highest BCUT2D eigenvalue weighted by Gasteiger charge is 2.47. The van der Waals surface area contributed by atoms with Gasteiger partial charge in [-0.15, -0.1) is 12.4 Å². The van der Waals surface area contributed by atoms with Gasteiger partial charge in [-0.25, -0.2) is 4.39 Å². The predicted octanol–water partition coefficient (Wildman–Crippen LogP) is 3.86. The first-order valence-electron chi connectivity index (χ1n) is 9.13. The summed E-state index contributed by atoms with van der Waals surface area (Å²) in [5, 5.41) is 8.23. The van der Waals surface area contributed by atoms with Crippen molar-refractivity contribution >= 4 is 41.5 Å². The minimum absolute atomic E-state index is 0. The summed E-state index contributed by atoms with van der Waals surface area (Å²) >= 11 is 5.83. The number of hydrogen-bond acceptors (Lipinski definition) is 3. The second-order valence-corrected chi connectivity index (χ2v) is 7.68. The van der Waals surface area contributed by atoms with E-state index in [0.717, 1.165) is 17.2 Å². The van der Waals surface area contributed by atoms with Crippen LogP contribution in [0.15, 0.2) is 36.4 Å². The van der Waals surface area contributed by atoms with Crippen molar-refractivity contribution in [3.8, 4) is 0 Å². The van der Waals surface area contributed by atoms with E-state index in [1.165, 1.54) is 13.1 Å². The molecule has 3 N–H and O–H groups in total. The number of nitrogens with one attached hydrogen (secondary N) is 3. The Bertz CT molecular complexity index is 930. The fraction of sp³-hybridized carbons (Fsp3) is 0.333. The molecular formula is C21H24Cl2FN3O2. The summed E-state index contributed by atoms with van der Waals surface area (Å²) in [7, 11) is 1.46. The summed E-state index contributed by atoms with van der Waals surface area (Å²) in [5.74, 6) is -1.20. The molecule has 0 saturated carbocycles. The van der Waals surface area contributed by atoms with Crippen molar-refractivity contribution in [2.75, 3.05) is 25.5 Å². The molecule has 1 fully saturated rings. The zero-order valence-electron chi connectivity index (χ0n) is 16.4. The first kappa shape index (κ1) is 23.1. The highest BCUT2D eigenvalue weighted by molar-refractivity contribution is 6.31. The SMILES string of the molecule is CNC(=O)c1cc(Cl)c(F)cc1NC(=O)C1(c2ccccc2C(C)C)CNC1.Cl. The van der Waals surface area contributed by atoms with Crippen molar-refractivity contribution in [1.82, 2.24) is 10.6 Å². The quantitative estimate of drug-likeness (QED) is 0.662. The van der Waals surface area contributed by atoms with E-state index in [1.807, 2.05) is 24.3 Å². The van der Waals surface area contributed by atoms with Gasteiger partial charge in [0.25, 0.3) is 5.91 Å². The normalized spacial score (nSPS) is 14.6. The number of benzene rings is 2. The molecule has 156 valence electrons. The molecule has 2 aromatic carbocycles. The summed E-state index contributed by atoms with van der Waals surface area (Å²) < 4.78 is 14.0. The van der Waals surface area contributed by atoms with Crippen LogP contribution in [0.1, 0.15) is 41.3 Å². The van der Waals surface area contributed by atoms with Crippen molar-refractivity contribution in [3.05, 3.63) is 63.9 Å². The smallest absolute Gasteiger partial charge is 0.253 e. The Morgan fingerprint density at radius 1 is 1.21 bits per heavy atom. The molecule has 0 atom stereocenters. The number of carbonyl (C=O) groups is 2. The van der Waals surface area contributed by atoms with Gasteiger partial charge in [0.2, 0.25) is 5.91 Å². The fourth-order valence-electron chi connectivity index (χ4n) is 3.50. The summed E-state index contributed by atoms with van der Waals surface area (Å²) in [4.78, 5) is 25.5. The molecule has 5 nitrogen and oxygen atoms in total. The van der Waals surface area contributed by atoms with Crippen LogP contribution < -0.4 is 16.0 Å². The summed E-state index contributed by atoms with van der Waals surface area (Å²) in [5.41, 5.74) is 1.46. The fourth-order valence-corrected chi connectivity index (χ4v) is 3.66. The minimum atomic E-state index is -0.781. The zero-order valence-corrected chi connectivity index (χ0v) is 18.0. The second kappa shape index (κ2) is 9.11. The van der Waals surface area contributed by atoms with Gasteiger partial charge in [-0.1, -0.05) is 49.7 Å². The van der Waals surface area contributed by atoms with Crippen LogP contribution in [0.2, 0.25) is 5.02 Å². The predicted molar refractivity (Wildman–Crippen MR) is 116 cm³/mol. The third-order valence-electron chi connectivity index (χ3n) is 5.17. The molecular weight excluding hydrogens is 416 g/mol. The number of rotatable bonds is 5. The maximum Gasteiger partial charge on any atom is 0.253 e. The third-order valence-corrected chi connectivity index (χ3v) is 5.46. The van der Waals surface area contributed by atoms with E-state index < -0.39 is 17.1 Å². The van der Waals surface area contributed by atoms with Gasteiger partial charge in [0.1, 0.15) is 5.82 Å². The Morgan fingerprint density at radius 2 is 1.86 bits per heavy atom. The summed E-state index contributed by atoms with van der Waals surface area (Å²) in [6.45, 7) is 5.09. The van der Waals surface area contributed by atoms with E-state index in [0.29, 0.717) is 13.1 Å². The van der Waals surface area contributed by atoms with E-state index in [1.54, 1.807) is 0 Å². The second-order valence-electron chi connectivity index (χ2n) is 7.27. The average Bonchev–Trinajstić information content (AvgIpc) is 2.63. The number of anilines is 1. The molecule has 2 amide bonds. The number of halogens is 3. The Morgan fingerprint density at radius 3 is 2.41 bits per heavy atom. The van der Waals surface area contributed by atoms with Crippen LogP contribution in [-0.2, 0) is 10.2 Å². The molecule has 3 rings (SSSR count). The van der Waals surface area contributed by atoms with Crippen LogP contribution >= 0.6 is 24.0 Å². The number of carbonyl (C=O) groups excluding carboxylic acids is 2. The molecule has 0 spiro atoms. The van der Waals surface area contributed by atoms with Gasteiger partial charge < -0.3 is 16.0 Å². The van der Waals surface area contributed by atoms with Crippen LogP contribution in [-0.4, -0.2) is 32.0 Å². The van der Waals surface area contributed by atoms with Gasteiger partial charge in [-0.05, 0) is 29.2 Å². The molecule has 0 aliphatic carbocycles. The minimum Gasteiger partial charge on any atom is -0.355 e. The lowest BCUT2D eigenvalue weighted by Gasteiger charge is -2.43. The molecule has 1 heterocycles. The average molecular weight is 440 g/mol. The van der Waals surface area contributed by atoms with Crippen LogP contribution in [0, 0.1) is 5.82 Å². The Balaban J connectivity index is 0.00000300. The van der Waals surface area contributed by atoms with E-state index >= 15 is 0 Å². The highest BCUT2D eigenvalue weighted by Crippen LogP contribution is 2.36. The first-order chi connectivity index (χ1) is 13.3. The van der Waals surface area contributed by atoms with Crippen molar-refractivity contribution < 1.29 is 14.0 Å². The van der Waals surface area contributed by atoms with Crippen molar-refractivity contribution in [3.63, 3.8) is 0 Å². The largest absolute Gasteiger partial charge is 0.355 e. The topological polar surface area (TPSA) is 70.2 Å². The first-order valence-corrected chi connectivity index (χ1v) is 9.50. The van der Waals surface area contributed by atoms with Gasteiger partial charge in [-0.3, -0.25) is 9.59 Å². The molecule has 0 unspecified atom stereocenters. The highest BCUT2D eigenvalue weighted by atomic mass is 35.5. The zero-order chi connectivity index (χ0) is 20.5. The van der Waals surface area contributed by atoms with E-state index in [-0.39, 0.29) is 40.5 Å². The van der Waals surface area contributed by atoms with E-state index in [2.05, 4.69) is 29.8 Å². The molecule has 8 heteroatoms. The summed E-state index contributed by atoms with van der Waals surface area (Å²) in [6, 6.07) is 10.1. The van der Waals surface area contributed by atoms with E-state index in [4.69, 9.17) is 11.6 Å².